The third-order valence-corrected chi connectivity index (χ3v) is 4.05. The smallest absolute Gasteiger partial charge is 0.258 e. The molecule has 0 saturated heterocycles. The molecule has 0 saturated carbocycles. The Bertz CT molecular complexity index is 873. The highest BCUT2D eigenvalue weighted by Gasteiger charge is 2.19. The second kappa shape index (κ2) is 6.74. The number of carbonyl (C=O) groups excluding carboxylic acids is 1. The van der Waals surface area contributed by atoms with Gasteiger partial charge in [-0.15, -0.1) is 0 Å². The van der Waals surface area contributed by atoms with Crippen LogP contribution in [0.2, 0.25) is 0 Å². The van der Waals surface area contributed by atoms with Gasteiger partial charge in [0, 0.05) is 24.8 Å². The molecule has 0 aliphatic heterocycles. The average molecular weight is 326 g/mol. The van der Waals surface area contributed by atoms with Gasteiger partial charge < -0.3 is 14.6 Å². The molecule has 3 rings (SSSR count). The number of ether oxygens (including phenoxy) is 1. The molecule has 0 bridgehead atoms. The van der Waals surface area contributed by atoms with E-state index in [2.05, 4.69) is 4.98 Å². The summed E-state index contributed by atoms with van der Waals surface area (Å²) in [5.41, 5.74) is 2.31. The Kier molecular flexibility index (Phi) is 4.51. The molecule has 24 heavy (non-hydrogen) atoms. The Morgan fingerprint density at radius 3 is 2.79 bits per heavy atom. The van der Waals surface area contributed by atoms with Crippen LogP contribution in [0.5, 0.6) is 5.75 Å². The van der Waals surface area contributed by atoms with Crippen molar-refractivity contribution in [2.75, 3.05) is 13.7 Å². The van der Waals surface area contributed by atoms with Gasteiger partial charge in [0.25, 0.3) is 5.91 Å². The van der Waals surface area contributed by atoms with Crippen LogP contribution in [0, 0.1) is 5.82 Å². The number of nitrogens with one attached hydrogen (secondary N) is 1. The number of halogens is 1. The van der Waals surface area contributed by atoms with Crippen LogP contribution in [0.3, 0.4) is 0 Å². The molecule has 1 aromatic heterocycles. The van der Waals surface area contributed by atoms with E-state index in [1.54, 1.807) is 4.90 Å². The first-order valence-corrected chi connectivity index (χ1v) is 7.81. The van der Waals surface area contributed by atoms with E-state index in [0.717, 1.165) is 16.5 Å². The van der Waals surface area contributed by atoms with Crippen LogP contribution >= 0.6 is 0 Å². The Labute approximate surface area is 139 Å². The molecule has 0 radical (unpaired) electrons. The minimum atomic E-state index is -0.455. The zero-order valence-electron chi connectivity index (χ0n) is 13.7. The summed E-state index contributed by atoms with van der Waals surface area (Å²) in [6.45, 7) is 2.87. The molecule has 0 spiro atoms. The summed E-state index contributed by atoms with van der Waals surface area (Å²) in [6, 6.07) is 12.0. The van der Waals surface area contributed by atoms with Crippen molar-refractivity contribution < 1.29 is 13.9 Å². The molecule has 0 unspecified atom stereocenters. The largest absolute Gasteiger partial charge is 0.496 e. The number of carbonyl (C=O) groups is 1. The first-order chi connectivity index (χ1) is 11.6. The van der Waals surface area contributed by atoms with Crippen LogP contribution in [-0.4, -0.2) is 29.4 Å². The fourth-order valence-corrected chi connectivity index (χ4v) is 2.77. The molecule has 0 aliphatic rings. The summed E-state index contributed by atoms with van der Waals surface area (Å²) in [6.07, 6.45) is 1.88. The minimum absolute atomic E-state index is 0.238. The fraction of sp³-hybridized carbons (Fsp3) is 0.211. The number of rotatable bonds is 5. The van der Waals surface area contributed by atoms with Crippen LogP contribution in [0.25, 0.3) is 10.9 Å². The third-order valence-electron chi connectivity index (χ3n) is 4.05. The lowest BCUT2D eigenvalue weighted by Crippen LogP contribution is -2.30. The minimum Gasteiger partial charge on any atom is -0.496 e. The van der Waals surface area contributed by atoms with E-state index >= 15 is 0 Å². The maximum absolute atomic E-state index is 13.5. The number of H-pyrrole nitrogens is 1. The molecule has 0 aliphatic carbocycles. The first-order valence-electron chi connectivity index (χ1n) is 7.81. The van der Waals surface area contributed by atoms with Gasteiger partial charge in [0.2, 0.25) is 0 Å². The molecule has 0 atom stereocenters. The van der Waals surface area contributed by atoms with Crippen LogP contribution in [0.4, 0.5) is 4.39 Å². The van der Waals surface area contributed by atoms with Crippen molar-refractivity contribution in [3.05, 3.63) is 65.6 Å². The van der Waals surface area contributed by atoms with Crippen molar-refractivity contribution in [3.8, 4) is 5.75 Å². The number of nitrogens with zero attached hydrogens (tertiary/aromatic N) is 1. The van der Waals surface area contributed by atoms with Crippen LogP contribution in [0.1, 0.15) is 22.8 Å². The van der Waals surface area contributed by atoms with Crippen LogP contribution in [-0.2, 0) is 6.54 Å². The van der Waals surface area contributed by atoms with Crippen molar-refractivity contribution in [1.82, 2.24) is 9.88 Å². The van der Waals surface area contributed by atoms with Crippen molar-refractivity contribution >= 4 is 16.8 Å². The van der Waals surface area contributed by atoms with Crippen LogP contribution in [0.15, 0.2) is 48.7 Å². The Balaban J connectivity index is 1.87. The molecule has 3 aromatic rings. The Morgan fingerprint density at radius 2 is 2.04 bits per heavy atom. The number of methoxy groups -OCH3 is 1. The molecule has 4 nitrogen and oxygen atoms in total. The molecule has 1 N–H and O–H groups in total. The highest BCUT2D eigenvalue weighted by Crippen LogP contribution is 2.23. The second-order valence-electron chi connectivity index (χ2n) is 5.56. The number of amides is 1. The van der Waals surface area contributed by atoms with Gasteiger partial charge in [-0.25, -0.2) is 4.39 Å². The van der Waals surface area contributed by atoms with E-state index in [9.17, 15) is 9.18 Å². The lowest BCUT2D eigenvalue weighted by atomic mass is 10.1. The monoisotopic (exact) mass is 326 g/mol. The SMILES string of the molecule is CCN(Cc1ccc2[nH]ccc2c1)C(=O)c1cc(F)ccc1OC. The summed E-state index contributed by atoms with van der Waals surface area (Å²) in [5.74, 6) is -0.326. The summed E-state index contributed by atoms with van der Waals surface area (Å²) in [4.78, 5) is 17.6. The van der Waals surface area contributed by atoms with Gasteiger partial charge in [-0.2, -0.15) is 0 Å². The maximum Gasteiger partial charge on any atom is 0.258 e. The molecular weight excluding hydrogens is 307 g/mol. The summed E-state index contributed by atoms with van der Waals surface area (Å²) < 4.78 is 18.7. The quantitative estimate of drug-likeness (QED) is 0.771. The predicted octanol–water partition coefficient (Wildman–Crippen LogP) is 3.98. The lowest BCUT2D eigenvalue weighted by molar-refractivity contribution is 0.0748. The highest BCUT2D eigenvalue weighted by molar-refractivity contribution is 5.97. The van der Waals surface area contributed by atoms with Crippen LogP contribution < -0.4 is 4.74 Å². The normalized spacial score (nSPS) is 10.8. The van der Waals surface area contributed by atoms with Crippen molar-refractivity contribution in [3.63, 3.8) is 0 Å². The number of hydrogen-bond acceptors (Lipinski definition) is 2. The van der Waals surface area contributed by atoms with Gasteiger partial charge in [-0.1, -0.05) is 6.07 Å². The topological polar surface area (TPSA) is 45.3 Å². The molecule has 5 heteroatoms. The van der Waals surface area contributed by atoms with E-state index in [1.165, 1.54) is 25.3 Å². The molecule has 1 amide bonds. The predicted molar refractivity (Wildman–Crippen MR) is 91.7 cm³/mol. The first kappa shape index (κ1) is 16.1. The summed E-state index contributed by atoms with van der Waals surface area (Å²) in [5, 5.41) is 1.10. The fourth-order valence-electron chi connectivity index (χ4n) is 2.77. The van der Waals surface area contributed by atoms with E-state index in [0.29, 0.717) is 18.8 Å². The standard InChI is InChI=1S/C19H19FN2O2/c1-3-22(12-13-4-6-17-14(10-13)8-9-21-17)19(23)16-11-15(20)5-7-18(16)24-2/h4-11,21H,3,12H2,1-2H3. The Hall–Kier alpha value is -2.82. The maximum atomic E-state index is 13.5. The summed E-state index contributed by atoms with van der Waals surface area (Å²) in [7, 11) is 1.47. The number of aromatic amines is 1. The van der Waals surface area contributed by atoms with Gasteiger partial charge in [-0.3, -0.25) is 4.79 Å². The van der Waals surface area contributed by atoms with Gasteiger partial charge in [0.1, 0.15) is 11.6 Å². The highest BCUT2D eigenvalue weighted by atomic mass is 19.1. The average Bonchev–Trinajstić information content (AvgIpc) is 3.06. The molecule has 1 heterocycles. The van der Waals surface area contributed by atoms with Gasteiger partial charge >= 0.3 is 0 Å². The molecule has 124 valence electrons. The third kappa shape index (κ3) is 3.11. The van der Waals surface area contributed by atoms with Crippen molar-refractivity contribution in [1.29, 1.82) is 0 Å². The van der Waals surface area contributed by atoms with E-state index in [-0.39, 0.29) is 11.5 Å². The number of aromatic nitrogens is 1. The molecule has 2 aromatic carbocycles. The number of hydrogen-bond donors (Lipinski definition) is 1. The molecular formula is C19H19FN2O2. The van der Waals surface area contributed by atoms with E-state index < -0.39 is 5.82 Å². The van der Waals surface area contributed by atoms with Crippen molar-refractivity contribution in [2.24, 2.45) is 0 Å². The summed E-state index contributed by atoms with van der Waals surface area (Å²) >= 11 is 0. The zero-order valence-corrected chi connectivity index (χ0v) is 13.7. The lowest BCUT2D eigenvalue weighted by Gasteiger charge is -2.22. The number of fused-ring (bicyclic) bond motifs is 1. The van der Waals surface area contributed by atoms with E-state index in [4.69, 9.17) is 4.74 Å². The zero-order chi connectivity index (χ0) is 17.1. The number of benzene rings is 2. The van der Waals surface area contributed by atoms with Gasteiger partial charge in [0.05, 0.1) is 12.7 Å². The van der Waals surface area contributed by atoms with E-state index in [1.807, 2.05) is 37.4 Å². The van der Waals surface area contributed by atoms with Gasteiger partial charge in [-0.05, 0) is 54.3 Å². The Morgan fingerprint density at radius 1 is 1.21 bits per heavy atom. The second-order valence-corrected chi connectivity index (χ2v) is 5.56. The van der Waals surface area contributed by atoms with Crippen molar-refractivity contribution in [2.45, 2.75) is 13.5 Å². The van der Waals surface area contributed by atoms with Gasteiger partial charge in [0.15, 0.2) is 0 Å². The molecule has 0 fully saturated rings.